The van der Waals surface area contributed by atoms with Crippen LogP contribution >= 0.6 is 0 Å². The summed E-state index contributed by atoms with van der Waals surface area (Å²) in [5, 5.41) is 20.2. The van der Waals surface area contributed by atoms with E-state index in [1.165, 1.54) is 24.3 Å². The second kappa shape index (κ2) is 4.31. The highest BCUT2D eigenvalue weighted by Crippen LogP contribution is 2.25. The Labute approximate surface area is 113 Å². The summed E-state index contributed by atoms with van der Waals surface area (Å²) in [7, 11) is 0. The van der Waals surface area contributed by atoms with Crippen LogP contribution in [-0.4, -0.2) is 27.1 Å². The predicted octanol–water partition coefficient (Wildman–Crippen LogP) is 2.78. The van der Waals surface area contributed by atoms with Crippen LogP contribution in [0.3, 0.4) is 0 Å². The van der Waals surface area contributed by atoms with Crippen molar-refractivity contribution >= 4 is 33.6 Å². The van der Waals surface area contributed by atoms with E-state index in [1.807, 2.05) is 0 Å². The summed E-state index contributed by atoms with van der Waals surface area (Å²) in [5.74, 6) is -2.05. The molecule has 2 N–H and O–H groups in total. The molecule has 0 unspecified atom stereocenters. The number of carbonyl (C=O) groups is 2. The Morgan fingerprint density at radius 1 is 0.850 bits per heavy atom. The molecule has 0 aliphatic rings. The molecular weight excluding hydrogens is 258 g/mol. The monoisotopic (exact) mass is 267 g/mol. The maximum Gasteiger partial charge on any atom is 0.335 e. The van der Waals surface area contributed by atoms with Crippen LogP contribution in [0.2, 0.25) is 0 Å². The number of benzene rings is 2. The molecule has 0 fully saturated rings. The number of carboxylic acid groups (broad SMARTS) is 2. The van der Waals surface area contributed by atoms with E-state index in [9.17, 15) is 9.59 Å². The normalized spacial score (nSPS) is 10.8. The van der Waals surface area contributed by atoms with E-state index >= 15 is 0 Å². The molecule has 98 valence electrons. The molecule has 3 rings (SSSR count). The predicted molar refractivity (Wildman–Crippen MR) is 73.2 cm³/mol. The summed E-state index contributed by atoms with van der Waals surface area (Å²) in [6.45, 7) is 0. The van der Waals surface area contributed by atoms with Crippen molar-refractivity contribution in [3.05, 3.63) is 53.7 Å². The first-order valence-electron chi connectivity index (χ1n) is 5.85. The zero-order valence-corrected chi connectivity index (χ0v) is 10.2. The second-order valence-corrected chi connectivity index (χ2v) is 4.40. The number of aromatic carboxylic acids is 2. The number of hydrogen-bond donors (Lipinski definition) is 2. The van der Waals surface area contributed by atoms with Crippen molar-refractivity contribution in [2.24, 2.45) is 0 Å². The van der Waals surface area contributed by atoms with Crippen molar-refractivity contribution in [1.82, 2.24) is 4.98 Å². The molecule has 0 spiro atoms. The van der Waals surface area contributed by atoms with Crippen LogP contribution in [0, 0.1) is 0 Å². The smallest absolute Gasteiger partial charge is 0.335 e. The van der Waals surface area contributed by atoms with Gasteiger partial charge in [0.2, 0.25) is 0 Å². The SMILES string of the molecule is O=C(O)c1ccc2cnc3ccc(C(=O)O)cc3c2c1. The number of nitrogens with zero attached hydrogens (tertiary/aromatic N) is 1. The van der Waals surface area contributed by atoms with Crippen LogP contribution in [0.5, 0.6) is 0 Å². The van der Waals surface area contributed by atoms with Crippen LogP contribution in [0.15, 0.2) is 42.6 Å². The van der Waals surface area contributed by atoms with Gasteiger partial charge in [0.05, 0.1) is 16.6 Å². The molecule has 5 nitrogen and oxygen atoms in total. The van der Waals surface area contributed by atoms with Crippen molar-refractivity contribution in [2.45, 2.75) is 0 Å². The lowest BCUT2D eigenvalue weighted by Gasteiger charge is -2.05. The van der Waals surface area contributed by atoms with Gasteiger partial charge in [-0.1, -0.05) is 6.07 Å². The van der Waals surface area contributed by atoms with Crippen molar-refractivity contribution < 1.29 is 19.8 Å². The molecule has 0 atom stereocenters. The van der Waals surface area contributed by atoms with Crippen molar-refractivity contribution in [3.63, 3.8) is 0 Å². The topological polar surface area (TPSA) is 87.5 Å². The van der Waals surface area contributed by atoms with Gasteiger partial charge < -0.3 is 10.2 Å². The fraction of sp³-hybridized carbons (Fsp3) is 0. The third-order valence-electron chi connectivity index (χ3n) is 3.18. The number of aromatic nitrogens is 1. The van der Waals surface area contributed by atoms with Crippen molar-refractivity contribution in [3.8, 4) is 0 Å². The van der Waals surface area contributed by atoms with Crippen LogP contribution in [0.1, 0.15) is 20.7 Å². The number of pyridine rings is 1. The minimum Gasteiger partial charge on any atom is -0.478 e. The highest BCUT2D eigenvalue weighted by Gasteiger charge is 2.09. The first kappa shape index (κ1) is 12.1. The molecule has 0 radical (unpaired) electrons. The van der Waals surface area contributed by atoms with Gasteiger partial charge in [0.15, 0.2) is 0 Å². The number of fused-ring (bicyclic) bond motifs is 3. The number of carboxylic acids is 2. The Kier molecular flexibility index (Phi) is 2.61. The van der Waals surface area contributed by atoms with Crippen LogP contribution < -0.4 is 0 Å². The van der Waals surface area contributed by atoms with Gasteiger partial charge in [-0.15, -0.1) is 0 Å². The minimum absolute atomic E-state index is 0.146. The number of rotatable bonds is 2. The van der Waals surface area contributed by atoms with E-state index in [0.717, 1.165) is 5.39 Å². The average Bonchev–Trinajstić information content (AvgIpc) is 2.45. The largest absolute Gasteiger partial charge is 0.478 e. The van der Waals surface area contributed by atoms with Crippen LogP contribution in [0.25, 0.3) is 21.7 Å². The molecule has 0 aliphatic carbocycles. The molecule has 0 aliphatic heterocycles. The highest BCUT2D eigenvalue weighted by molar-refractivity contribution is 6.09. The fourth-order valence-electron chi connectivity index (χ4n) is 2.17. The van der Waals surface area contributed by atoms with Gasteiger partial charge in [0, 0.05) is 17.0 Å². The maximum absolute atomic E-state index is 11.0. The lowest BCUT2D eigenvalue weighted by Crippen LogP contribution is -1.97. The molecule has 5 heteroatoms. The third kappa shape index (κ3) is 1.85. The van der Waals surface area contributed by atoms with E-state index in [2.05, 4.69) is 4.98 Å². The van der Waals surface area contributed by atoms with Crippen molar-refractivity contribution in [2.75, 3.05) is 0 Å². The summed E-state index contributed by atoms with van der Waals surface area (Å²) >= 11 is 0. The molecular formula is C15H9NO4. The third-order valence-corrected chi connectivity index (χ3v) is 3.18. The quantitative estimate of drug-likeness (QED) is 0.697. The molecule has 1 aromatic heterocycles. The Morgan fingerprint density at radius 2 is 1.45 bits per heavy atom. The molecule has 3 aromatic rings. The molecule has 0 saturated heterocycles. The summed E-state index contributed by atoms with van der Waals surface area (Å²) in [5.41, 5.74) is 0.934. The molecule has 2 aromatic carbocycles. The van der Waals surface area contributed by atoms with E-state index in [1.54, 1.807) is 18.3 Å². The maximum atomic E-state index is 11.0. The van der Waals surface area contributed by atoms with Gasteiger partial charge in [-0.05, 0) is 35.7 Å². The average molecular weight is 267 g/mol. The molecule has 20 heavy (non-hydrogen) atoms. The Morgan fingerprint density at radius 3 is 2.10 bits per heavy atom. The minimum atomic E-state index is -1.03. The molecule has 0 amide bonds. The lowest BCUT2D eigenvalue weighted by atomic mass is 10.0. The first-order valence-corrected chi connectivity index (χ1v) is 5.85. The number of hydrogen-bond acceptors (Lipinski definition) is 3. The van der Waals surface area contributed by atoms with Gasteiger partial charge in [-0.25, -0.2) is 9.59 Å². The molecule has 1 heterocycles. The Bertz CT molecular complexity index is 798. The zero-order valence-electron chi connectivity index (χ0n) is 10.2. The Hall–Kier alpha value is -2.95. The van der Waals surface area contributed by atoms with Crippen LogP contribution in [-0.2, 0) is 0 Å². The standard InChI is InChI=1S/C15H9NO4/c17-14(18)8-1-2-10-7-16-13-4-3-9(15(19)20)6-12(13)11(10)5-8/h1-7H,(H,17,18)(H,19,20). The summed E-state index contributed by atoms with van der Waals surface area (Å²) < 4.78 is 0. The van der Waals surface area contributed by atoms with E-state index < -0.39 is 11.9 Å². The highest BCUT2D eigenvalue weighted by atomic mass is 16.4. The van der Waals surface area contributed by atoms with Crippen LogP contribution in [0.4, 0.5) is 0 Å². The van der Waals surface area contributed by atoms with E-state index in [4.69, 9.17) is 10.2 Å². The second-order valence-electron chi connectivity index (χ2n) is 4.40. The summed E-state index contributed by atoms with van der Waals surface area (Å²) in [6, 6.07) is 9.31. The van der Waals surface area contributed by atoms with Gasteiger partial charge in [-0.2, -0.15) is 0 Å². The summed E-state index contributed by atoms with van der Waals surface area (Å²) in [6.07, 6.45) is 1.64. The molecule has 0 bridgehead atoms. The van der Waals surface area contributed by atoms with E-state index in [-0.39, 0.29) is 11.1 Å². The molecule has 0 saturated carbocycles. The fourth-order valence-corrected chi connectivity index (χ4v) is 2.17. The van der Waals surface area contributed by atoms with Gasteiger partial charge in [0.1, 0.15) is 0 Å². The zero-order chi connectivity index (χ0) is 14.3. The van der Waals surface area contributed by atoms with Gasteiger partial charge in [0.25, 0.3) is 0 Å². The van der Waals surface area contributed by atoms with Gasteiger partial charge >= 0.3 is 11.9 Å². The van der Waals surface area contributed by atoms with Crippen molar-refractivity contribution in [1.29, 1.82) is 0 Å². The lowest BCUT2D eigenvalue weighted by molar-refractivity contribution is 0.0686. The van der Waals surface area contributed by atoms with Gasteiger partial charge in [-0.3, -0.25) is 4.98 Å². The first-order chi connectivity index (χ1) is 9.56. The van der Waals surface area contributed by atoms with E-state index in [0.29, 0.717) is 16.3 Å². The summed E-state index contributed by atoms with van der Waals surface area (Å²) in [4.78, 5) is 26.3. The Balaban J connectivity index is 2.41.